The van der Waals surface area contributed by atoms with Crippen molar-refractivity contribution in [2.24, 2.45) is 0 Å². The minimum atomic E-state index is -0.353. The van der Waals surface area contributed by atoms with Crippen LogP contribution in [0.25, 0.3) is 11.3 Å². The Hall–Kier alpha value is -2.41. The largest absolute Gasteiger partial charge is 0.338 e. The van der Waals surface area contributed by atoms with Gasteiger partial charge >= 0.3 is 0 Å². The zero-order valence-corrected chi connectivity index (χ0v) is 20.4. The maximum Gasteiger partial charge on any atom is 0.245 e. The van der Waals surface area contributed by atoms with Crippen LogP contribution in [0.3, 0.4) is 0 Å². The molecule has 3 aromatic rings. The average Bonchev–Trinajstić information content (AvgIpc) is 3.29. The molecule has 0 radical (unpaired) electrons. The Balaban J connectivity index is 1.64. The number of piperazine rings is 1. The Bertz CT molecular complexity index is 1060. The first-order chi connectivity index (χ1) is 15.5. The highest BCUT2D eigenvalue weighted by Crippen LogP contribution is 2.35. The molecule has 1 aromatic heterocycles. The monoisotopic (exact) mass is 468 g/mol. The van der Waals surface area contributed by atoms with Gasteiger partial charge in [0.25, 0.3) is 0 Å². The molecule has 1 saturated heterocycles. The van der Waals surface area contributed by atoms with Gasteiger partial charge in [-0.1, -0.05) is 42.8 Å². The van der Waals surface area contributed by atoms with Crippen molar-refractivity contribution >= 4 is 39.7 Å². The molecule has 1 amide bonds. The first-order valence-corrected chi connectivity index (χ1v) is 12.3. The molecule has 0 N–H and O–H groups in total. The zero-order valence-electron chi connectivity index (χ0n) is 18.8. The quantitative estimate of drug-likeness (QED) is 0.481. The van der Waals surface area contributed by atoms with Crippen molar-refractivity contribution in [1.29, 1.82) is 0 Å². The molecular weight excluding hydrogens is 440 g/mol. The molecule has 4 rings (SSSR count). The normalized spacial score (nSPS) is 15.6. The molecule has 32 heavy (non-hydrogen) atoms. The van der Waals surface area contributed by atoms with Crippen LogP contribution in [-0.4, -0.2) is 59.5 Å². The number of hydrogen-bond donors (Lipinski definition) is 0. The van der Waals surface area contributed by atoms with Crippen molar-refractivity contribution in [1.82, 2.24) is 14.8 Å². The van der Waals surface area contributed by atoms with E-state index >= 15 is 0 Å². The van der Waals surface area contributed by atoms with E-state index in [0.717, 1.165) is 60.4 Å². The van der Waals surface area contributed by atoms with E-state index < -0.39 is 0 Å². The van der Waals surface area contributed by atoms with Crippen molar-refractivity contribution in [3.05, 3.63) is 64.5 Å². The summed E-state index contributed by atoms with van der Waals surface area (Å²) >= 11 is 7.60. The second kappa shape index (κ2) is 10.0. The summed E-state index contributed by atoms with van der Waals surface area (Å²) < 4.78 is 0. The fourth-order valence-electron chi connectivity index (χ4n) is 4.06. The molecule has 0 spiro atoms. The summed E-state index contributed by atoms with van der Waals surface area (Å²) in [6, 6.07) is 15.6. The number of carbonyl (C=O) groups is 1. The third kappa shape index (κ3) is 4.98. The topological polar surface area (TPSA) is 39.7 Å². The number of likely N-dealkylation sites (N-methyl/N-ethyl adjacent to an activating group) is 1. The molecule has 0 aliphatic carbocycles. The third-order valence-electron chi connectivity index (χ3n) is 5.99. The lowest BCUT2D eigenvalue weighted by Gasteiger charge is -2.37. The van der Waals surface area contributed by atoms with Crippen molar-refractivity contribution in [3.63, 3.8) is 0 Å². The molecule has 0 bridgehead atoms. The lowest BCUT2D eigenvalue weighted by atomic mass is 10.1. The molecule has 2 aromatic carbocycles. The van der Waals surface area contributed by atoms with Crippen LogP contribution in [0.5, 0.6) is 0 Å². The number of hydrogen-bond acceptors (Lipinski definition) is 5. The van der Waals surface area contributed by atoms with Crippen LogP contribution in [0.15, 0.2) is 53.9 Å². The summed E-state index contributed by atoms with van der Waals surface area (Å²) in [5.74, 6) is 0.144. The Labute approximate surface area is 199 Å². The van der Waals surface area contributed by atoms with E-state index in [1.165, 1.54) is 0 Å². The Kier molecular flexibility index (Phi) is 7.13. The maximum atomic E-state index is 13.5. The summed E-state index contributed by atoms with van der Waals surface area (Å²) in [7, 11) is 0. The molecule has 0 unspecified atom stereocenters. The van der Waals surface area contributed by atoms with Crippen LogP contribution in [0.2, 0.25) is 5.02 Å². The van der Waals surface area contributed by atoms with Gasteiger partial charge in [-0.2, -0.15) is 0 Å². The Morgan fingerprint density at radius 2 is 1.88 bits per heavy atom. The Morgan fingerprint density at radius 3 is 2.53 bits per heavy atom. The molecule has 2 heterocycles. The number of nitrogens with zero attached hydrogens (tertiary/aromatic N) is 4. The number of anilines is 2. The number of amides is 1. The van der Waals surface area contributed by atoms with Gasteiger partial charge in [-0.05, 0) is 50.2 Å². The van der Waals surface area contributed by atoms with Crippen LogP contribution in [-0.2, 0) is 4.79 Å². The van der Waals surface area contributed by atoms with Crippen molar-refractivity contribution in [2.75, 3.05) is 37.6 Å². The lowest BCUT2D eigenvalue weighted by Crippen LogP contribution is -2.53. The van der Waals surface area contributed by atoms with Crippen molar-refractivity contribution in [2.45, 2.75) is 26.8 Å². The lowest BCUT2D eigenvalue weighted by molar-refractivity contribution is -0.133. The zero-order chi connectivity index (χ0) is 22.7. The molecule has 1 aliphatic rings. The second-order valence-corrected chi connectivity index (χ2v) is 9.44. The van der Waals surface area contributed by atoms with Crippen molar-refractivity contribution in [3.8, 4) is 11.3 Å². The molecule has 168 valence electrons. The van der Waals surface area contributed by atoms with Crippen LogP contribution in [0.4, 0.5) is 10.8 Å². The van der Waals surface area contributed by atoms with Gasteiger partial charge in [0.05, 0.1) is 5.69 Å². The number of thiazole rings is 1. The summed E-state index contributed by atoms with van der Waals surface area (Å²) in [5.41, 5.74) is 4.03. The van der Waals surface area contributed by atoms with Gasteiger partial charge in [0.2, 0.25) is 5.91 Å². The smallest absolute Gasteiger partial charge is 0.245 e. The van der Waals surface area contributed by atoms with E-state index in [9.17, 15) is 4.79 Å². The highest BCUT2D eigenvalue weighted by Gasteiger charge is 2.31. The predicted molar refractivity (Wildman–Crippen MR) is 134 cm³/mol. The molecule has 0 saturated carbocycles. The van der Waals surface area contributed by atoms with Crippen LogP contribution in [0, 0.1) is 6.92 Å². The van der Waals surface area contributed by atoms with E-state index in [-0.39, 0.29) is 11.9 Å². The number of benzene rings is 2. The van der Waals surface area contributed by atoms with Gasteiger partial charge in [-0.3, -0.25) is 4.79 Å². The molecule has 1 aliphatic heterocycles. The van der Waals surface area contributed by atoms with Gasteiger partial charge in [-0.15, -0.1) is 11.3 Å². The van der Waals surface area contributed by atoms with E-state index in [4.69, 9.17) is 16.6 Å². The van der Waals surface area contributed by atoms with E-state index in [1.807, 2.05) is 47.5 Å². The number of halogens is 1. The summed E-state index contributed by atoms with van der Waals surface area (Å²) in [6.45, 7) is 10.6. The van der Waals surface area contributed by atoms with Crippen LogP contribution in [0.1, 0.15) is 19.4 Å². The molecule has 5 nitrogen and oxygen atoms in total. The summed E-state index contributed by atoms with van der Waals surface area (Å²) in [6.07, 6.45) is 0. The summed E-state index contributed by atoms with van der Waals surface area (Å²) in [5, 5.41) is 3.56. The number of carbonyl (C=O) groups excluding carboxylic acids is 1. The fraction of sp³-hybridized carbons (Fsp3) is 0.360. The highest BCUT2D eigenvalue weighted by atomic mass is 35.5. The van der Waals surface area contributed by atoms with Crippen LogP contribution < -0.4 is 4.90 Å². The SMILES string of the molecule is CCN1CCN(C(=O)[C@H](C)N(c2cccc(C)c2)c2nc(-c3ccc(Cl)cc3)cs2)CC1. The van der Waals surface area contributed by atoms with Crippen molar-refractivity contribution < 1.29 is 4.79 Å². The molecular formula is C25H29ClN4OS. The van der Waals surface area contributed by atoms with E-state index in [1.54, 1.807) is 11.3 Å². The summed E-state index contributed by atoms with van der Waals surface area (Å²) in [4.78, 5) is 24.9. The minimum Gasteiger partial charge on any atom is -0.338 e. The first-order valence-electron chi connectivity index (χ1n) is 11.0. The average molecular weight is 469 g/mol. The minimum absolute atomic E-state index is 0.144. The first kappa shape index (κ1) is 22.8. The molecule has 1 atom stereocenters. The van der Waals surface area contributed by atoms with Crippen LogP contribution >= 0.6 is 22.9 Å². The second-order valence-electron chi connectivity index (χ2n) is 8.17. The standard InChI is InChI=1S/C25H29ClN4OS/c1-4-28-12-14-29(15-13-28)24(31)19(3)30(22-7-5-6-18(2)16-22)25-27-23(17-32-25)20-8-10-21(26)11-9-20/h5-11,16-17,19H,4,12-15H2,1-3H3/t19-/m0/s1. The number of aromatic nitrogens is 1. The van der Waals surface area contributed by atoms with Gasteiger partial charge in [0.15, 0.2) is 5.13 Å². The maximum absolute atomic E-state index is 13.5. The van der Waals surface area contributed by atoms with E-state index in [2.05, 4.69) is 41.8 Å². The molecule has 7 heteroatoms. The molecule has 1 fully saturated rings. The van der Waals surface area contributed by atoms with Gasteiger partial charge in [-0.25, -0.2) is 4.98 Å². The van der Waals surface area contributed by atoms with Gasteiger partial charge in [0, 0.05) is 47.8 Å². The number of rotatable bonds is 6. The Morgan fingerprint density at radius 1 is 1.16 bits per heavy atom. The third-order valence-corrected chi connectivity index (χ3v) is 7.09. The predicted octanol–water partition coefficient (Wildman–Crippen LogP) is 5.46. The van der Waals surface area contributed by atoms with E-state index in [0.29, 0.717) is 5.02 Å². The number of aryl methyl sites for hydroxylation is 1. The fourth-order valence-corrected chi connectivity index (χ4v) is 5.12. The highest BCUT2D eigenvalue weighted by molar-refractivity contribution is 7.14. The van der Waals surface area contributed by atoms with Gasteiger partial charge in [0.1, 0.15) is 6.04 Å². The van der Waals surface area contributed by atoms with Gasteiger partial charge < -0.3 is 14.7 Å².